The summed E-state index contributed by atoms with van der Waals surface area (Å²) in [5.41, 5.74) is 0. The first-order valence-corrected chi connectivity index (χ1v) is 15.7. The van der Waals surface area contributed by atoms with Crippen LogP contribution in [0.15, 0.2) is 0 Å². The summed E-state index contributed by atoms with van der Waals surface area (Å²) in [6, 6.07) is 2.18. The van der Waals surface area contributed by atoms with E-state index < -0.39 is 8.56 Å². The summed E-state index contributed by atoms with van der Waals surface area (Å²) in [7, 11) is -1.99. The summed E-state index contributed by atoms with van der Waals surface area (Å²) in [5, 5.41) is 0. The number of hydrogen-bond donors (Lipinski definition) is 0. The van der Waals surface area contributed by atoms with Crippen molar-refractivity contribution < 1.29 is 8.85 Å². The first-order chi connectivity index (χ1) is 14.2. The van der Waals surface area contributed by atoms with Gasteiger partial charge in [0.05, 0.1) is 0 Å². The molecule has 1 unspecified atom stereocenters. The summed E-state index contributed by atoms with van der Waals surface area (Å²) in [5.74, 6) is 0. The molecule has 0 aromatic heterocycles. The molecule has 0 saturated carbocycles. The SMILES string of the molecule is CCCCCCCCCCCCCCO[Si](CC)(CC)OC(CCC)CCCC. The normalized spacial score (nSPS) is 13.1. The fourth-order valence-corrected chi connectivity index (χ4v) is 6.84. The molecule has 0 saturated heterocycles. The standard InChI is InChI=1S/C26H56O2Si/c1-6-11-13-14-15-16-17-18-19-20-21-22-25-27-29(9-4,10-5)28-26(23-8-3)24-12-7-2/h26H,6-25H2,1-5H3. The maximum absolute atomic E-state index is 6.70. The van der Waals surface area contributed by atoms with Crippen molar-refractivity contribution >= 4 is 8.56 Å². The minimum Gasteiger partial charge on any atom is -0.394 e. The second kappa shape index (κ2) is 21.4. The van der Waals surface area contributed by atoms with E-state index in [2.05, 4.69) is 34.6 Å². The Morgan fingerprint density at radius 2 is 1.00 bits per heavy atom. The van der Waals surface area contributed by atoms with Gasteiger partial charge in [0.25, 0.3) is 0 Å². The predicted octanol–water partition coefficient (Wildman–Crippen LogP) is 9.56. The molecule has 0 rings (SSSR count). The highest BCUT2D eigenvalue weighted by molar-refractivity contribution is 6.67. The van der Waals surface area contributed by atoms with E-state index >= 15 is 0 Å². The van der Waals surface area contributed by atoms with Crippen LogP contribution in [0.5, 0.6) is 0 Å². The molecule has 0 fully saturated rings. The topological polar surface area (TPSA) is 18.5 Å². The van der Waals surface area contributed by atoms with Gasteiger partial charge in [-0.05, 0) is 31.4 Å². The van der Waals surface area contributed by atoms with Crippen molar-refractivity contribution in [3.63, 3.8) is 0 Å². The molecule has 0 spiro atoms. The van der Waals surface area contributed by atoms with Gasteiger partial charge in [0.2, 0.25) is 0 Å². The maximum atomic E-state index is 6.70. The molecule has 0 heterocycles. The minimum absolute atomic E-state index is 0.425. The molecule has 176 valence electrons. The van der Waals surface area contributed by atoms with Crippen LogP contribution < -0.4 is 0 Å². The maximum Gasteiger partial charge on any atom is 0.337 e. The lowest BCUT2D eigenvalue weighted by molar-refractivity contribution is 0.0972. The number of unbranched alkanes of at least 4 members (excludes halogenated alkanes) is 12. The van der Waals surface area contributed by atoms with E-state index in [0.717, 1.165) is 18.7 Å². The molecule has 0 bridgehead atoms. The van der Waals surface area contributed by atoms with Gasteiger partial charge in [-0.25, -0.2) is 0 Å². The van der Waals surface area contributed by atoms with E-state index in [1.807, 2.05) is 0 Å². The Hall–Kier alpha value is 0.137. The van der Waals surface area contributed by atoms with Gasteiger partial charge in [0.1, 0.15) is 0 Å². The van der Waals surface area contributed by atoms with Crippen LogP contribution >= 0.6 is 0 Å². The summed E-state index contributed by atoms with van der Waals surface area (Å²) < 4.78 is 13.2. The lowest BCUT2D eigenvalue weighted by atomic mass is 10.1. The van der Waals surface area contributed by atoms with Gasteiger partial charge in [0, 0.05) is 12.7 Å². The van der Waals surface area contributed by atoms with Crippen molar-refractivity contribution in [1.29, 1.82) is 0 Å². The zero-order valence-corrected chi connectivity index (χ0v) is 22.0. The van der Waals surface area contributed by atoms with E-state index in [0.29, 0.717) is 6.10 Å². The molecule has 3 heteroatoms. The minimum atomic E-state index is -1.99. The smallest absolute Gasteiger partial charge is 0.337 e. The molecule has 0 aliphatic heterocycles. The average Bonchev–Trinajstić information content (AvgIpc) is 2.74. The molecule has 29 heavy (non-hydrogen) atoms. The largest absolute Gasteiger partial charge is 0.394 e. The fourth-order valence-electron chi connectivity index (χ4n) is 4.18. The van der Waals surface area contributed by atoms with Gasteiger partial charge in [-0.2, -0.15) is 0 Å². The Kier molecular flexibility index (Phi) is 21.5. The predicted molar refractivity (Wildman–Crippen MR) is 133 cm³/mol. The van der Waals surface area contributed by atoms with E-state index in [-0.39, 0.29) is 0 Å². The second-order valence-corrected chi connectivity index (χ2v) is 12.8. The highest BCUT2D eigenvalue weighted by Gasteiger charge is 2.35. The van der Waals surface area contributed by atoms with Gasteiger partial charge in [0.15, 0.2) is 0 Å². The van der Waals surface area contributed by atoms with Crippen molar-refractivity contribution in [2.45, 2.75) is 162 Å². The van der Waals surface area contributed by atoms with Crippen molar-refractivity contribution in [3.05, 3.63) is 0 Å². The third-order valence-electron chi connectivity index (χ3n) is 6.31. The van der Waals surface area contributed by atoms with Crippen molar-refractivity contribution in [3.8, 4) is 0 Å². The van der Waals surface area contributed by atoms with Gasteiger partial charge in [-0.15, -0.1) is 0 Å². The highest BCUT2D eigenvalue weighted by Crippen LogP contribution is 2.25. The zero-order valence-electron chi connectivity index (χ0n) is 21.0. The zero-order chi connectivity index (χ0) is 21.6. The van der Waals surface area contributed by atoms with Crippen LogP contribution in [0.2, 0.25) is 12.1 Å². The fraction of sp³-hybridized carbons (Fsp3) is 1.00. The Labute approximate surface area is 186 Å². The molecule has 0 radical (unpaired) electrons. The van der Waals surface area contributed by atoms with Crippen LogP contribution in [-0.2, 0) is 8.85 Å². The van der Waals surface area contributed by atoms with Crippen molar-refractivity contribution in [2.75, 3.05) is 6.61 Å². The van der Waals surface area contributed by atoms with Crippen molar-refractivity contribution in [1.82, 2.24) is 0 Å². The van der Waals surface area contributed by atoms with E-state index in [4.69, 9.17) is 8.85 Å². The Morgan fingerprint density at radius 1 is 0.517 bits per heavy atom. The monoisotopic (exact) mass is 428 g/mol. The summed E-state index contributed by atoms with van der Waals surface area (Å²) in [4.78, 5) is 0. The Morgan fingerprint density at radius 3 is 1.45 bits per heavy atom. The van der Waals surface area contributed by atoms with E-state index in [9.17, 15) is 0 Å². The summed E-state index contributed by atoms with van der Waals surface area (Å²) >= 11 is 0. The third-order valence-corrected chi connectivity index (χ3v) is 9.96. The van der Waals surface area contributed by atoms with Gasteiger partial charge in [-0.1, -0.05) is 125 Å². The lowest BCUT2D eigenvalue weighted by Gasteiger charge is -2.33. The average molecular weight is 429 g/mol. The van der Waals surface area contributed by atoms with Gasteiger partial charge in [-0.3, -0.25) is 0 Å². The quantitative estimate of drug-likeness (QED) is 0.119. The van der Waals surface area contributed by atoms with Gasteiger partial charge < -0.3 is 8.85 Å². The Bertz CT molecular complexity index is 318. The second-order valence-electron chi connectivity index (χ2n) is 9.03. The molecule has 0 N–H and O–H groups in total. The van der Waals surface area contributed by atoms with Gasteiger partial charge >= 0.3 is 8.56 Å². The number of hydrogen-bond acceptors (Lipinski definition) is 2. The first kappa shape index (κ1) is 29.1. The molecule has 2 nitrogen and oxygen atoms in total. The highest BCUT2D eigenvalue weighted by atomic mass is 28.4. The van der Waals surface area contributed by atoms with E-state index in [1.54, 1.807) is 0 Å². The van der Waals surface area contributed by atoms with Crippen LogP contribution in [0.3, 0.4) is 0 Å². The Balaban J connectivity index is 3.87. The van der Waals surface area contributed by atoms with Crippen LogP contribution in [-0.4, -0.2) is 21.3 Å². The molecule has 0 aliphatic rings. The summed E-state index contributed by atoms with van der Waals surface area (Å²) in [6.07, 6.45) is 23.3. The van der Waals surface area contributed by atoms with Crippen LogP contribution in [0.4, 0.5) is 0 Å². The first-order valence-electron chi connectivity index (χ1n) is 13.5. The van der Waals surface area contributed by atoms with Crippen LogP contribution in [0.1, 0.15) is 144 Å². The van der Waals surface area contributed by atoms with Crippen LogP contribution in [0, 0.1) is 0 Å². The molecular weight excluding hydrogens is 372 g/mol. The lowest BCUT2D eigenvalue weighted by Crippen LogP contribution is -2.44. The van der Waals surface area contributed by atoms with Crippen LogP contribution in [0.25, 0.3) is 0 Å². The summed E-state index contributed by atoms with van der Waals surface area (Å²) in [6.45, 7) is 12.3. The molecule has 0 aromatic rings. The molecular formula is C26H56O2Si. The number of rotatable bonds is 23. The van der Waals surface area contributed by atoms with Crippen molar-refractivity contribution in [2.24, 2.45) is 0 Å². The third kappa shape index (κ3) is 16.5. The molecule has 0 amide bonds. The molecule has 0 aromatic carbocycles. The molecule has 1 atom stereocenters. The van der Waals surface area contributed by atoms with E-state index in [1.165, 1.54) is 109 Å². The molecule has 0 aliphatic carbocycles.